The van der Waals surface area contributed by atoms with Crippen LogP contribution in [0.3, 0.4) is 0 Å². The Bertz CT molecular complexity index is 281. The third kappa shape index (κ3) is 2.82. The van der Waals surface area contributed by atoms with E-state index < -0.39 is 24.0 Å². The van der Waals surface area contributed by atoms with E-state index in [1.165, 1.54) is 14.2 Å². The minimum Gasteiger partial charge on any atom is -0.468 e. The van der Waals surface area contributed by atoms with Crippen molar-refractivity contribution in [3.8, 4) is 0 Å². The zero-order valence-electron chi connectivity index (χ0n) is 9.38. The fourth-order valence-electron chi connectivity index (χ4n) is 1.80. The van der Waals surface area contributed by atoms with Crippen LogP contribution in [0.15, 0.2) is 12.2 Å². The van der Waals surface area contributed by atoms with Crippen LogP contribution >= 0.6 is 0 Å². The molecule has 1 N–H and O–H groups in total. The Balaban J connectivity index is 2.81. The molecule has 0 heterocycles. The summed E-state index contributed by atoms with van der Waals surface area (Å²) >= 11 is 0. The first-order valence-electron chi connectivity index (χ1n) is 5.12. The lowest BCUT2D eigenvalue weighted by molar-refractivity contribution is -0.161. The Kier molecular flexibility index (Phi) is 4.49. The number of allylic oxidation sites excluding steroid dienone is 1. The Hall–Kier alpha value is -1.36. The van der Waals surface area contributed by atoms with Crippen molar-refractivity contribution >= 4 is 11.9 Å². The fraction of sp³-hybridized carbons (Fsp3) is 0.636. The number of aliphatic hydroxyl groups is 1. The lowest BCUT2D eigenvalue weighted by atomic mass is 9.83. The van der Waals surface area contributed by atoms with E-state index in [2.05, 4.69) is 9.47 Å². The van der Waals surface area contributed by atoms with Gasteiger partial charge in [-0.1, -0.05) is 12.2 Å². The molecule has 16 heavy (non-hydrogen) atoms. The first kappa shape index (κ1) is 12.7. The molecule has 0 aliphatic heterocycles. The molecule has 0 amide bonds. The van der Waals surface area contributed by atoms with Crippen molar-refractivity contribution in [2.24, 2.45) is 11.8 Å². The lowest BCUT2D eigenvalue weighted by Crippen LogP contribution is -2.34. The predicted octanol–water partition coefficient (Wildman–Crippen LogP) is 0.276. The molecule has 0 spiro atoms. The zero-order valence-corrected chi connectivity index (χ0v) is 9.38. The van der Waals surface area contributed by atoms with Gasteiger partial charge in [-0.2, -0.15) is 0 Å². The van der Waals surface area contributed by atoms with E-state index in [1.807, 2.05) is 0 Å². The lowest BCUT2D eigenvalue weighted by Gasteiger charge is -2.24. The second kappa shape index (κ2) is 5.65. The smallest absolute Gasteiger partial charge is 0.320 e. The molecule has 1 rings (SSSR count). The van der Waals surface area contributed by atoms with Gasteiger partial charge in [-0.15, -0.1) is 0 Å². The Morgan fingerprint density at radius 1 is 1.19 bits per heavy atom. The van der Waals surface area contributed by atoms with Gasteiger partial charge in [0.15, 0.2) is 5.92 Å². The minimum absolute atomic E-state index is 0.261. The van der Waals surface area contributed by atoms with E-state index in [9.17, 15) is 14.7 Å². The third-order valence-electron chi connectivity index (χ3n) is 2.71. The monoisotopic (exact) mass is 228 g/mol. The van der Waals surface area contributed by atoms with Gasteiger partial charge in [-0.3, -0.25) is 9.59 Å². The van der Waals surface area contributed by atoms with Gasteiger partial charge in [-0.25, -0.2) is 0 Å². The van der Waals surface area contributed by atoms with Crippen molar-refractivity contribution in [1.82, 2.24) is 0 Å². The SMILES string of the molecule is COC(=O)C(C(=O)OC)[C@@H]1C=C[C@H](O)CC1. The maximum absolute atomic E-state index is 11.5. The quantitative estimate of drug-likeness (QED) is 0.426. The summed E-state index contributed by atoms with van der Waals surface area (Å²) in [6, 6.07) is 0. The second-order valence-electron chi connectivity index (χ2n) is 3.72. The number of carbonyl (C=O) groups is 2. The van der Waals surface area contributed by atoms with Gasteiger partial charge in [0.1, 0.15) is 0 Å². The number of esters is 2. The number of methoxy groups -OCH3 is 2. The van der Waals surface area contributed by atoms with E-state index in [1.54, 1.807) is 12.2 Å². The largest absolute Gasteiger partial charge is 0.468 e. The normalized spacial score (nSPS) is 24.2. The summed E-state index contributed by atoms with van der Waals surface area (Å²) in [6.07, 6.45) is 3.87. The van der Waals surface area contributed by atoms with Gasteiger partial charge in [0.2, 0.25) is 0 Å². The molecule has 90 valence electrons. The van der Waals surface area contributed by atoms with Gasteiger partial charge in [0.05, 0.1) is 20.3 Å². The predicted molar refractivity (Wildman–Crippen MR) is 55.4 cm³/mol. The molecule has 0 aromatic heterocycles. The molecule has 0 aromatic carbocycles. The summed E-state index contributed by atoms with van der Waals surface area (Å²) in [5.41, 5.74) is 0. The van der Waals surface area contributed by atoms with Crippen molar-refractivity contribution in [3.05, 3.63) is 12.2 Å². The summed E-state index contributed by atoms with van der Waals surface area (Å²) in [4.78, 5) is 22.9. The fourth-order valence-corrected chi connectivity index (χ4v) is 1.80. The molecule has 0 saturated carbocycles. The van der Waals surface area contributed by atoms with Crippen molar-refractivity contribution in [3.63, 3.8) is 0 Å². The molecule has 1 aliphatic carbocycles. The van der Waals surface area contributed by atoms with Crippen LogP contribution in [0.25, 0.3) is 0 Å². The molecule has 0 aromatic rings. The molecule has 2 atom stereocenters. The number of aliphatic hydroxyl groups excluding tert-OH is 1. The van der Waals surface area contributed by atoms with Crippen molar-refractivity contribution in [1.29, 1.82) is 0 Å². The van der Waals surface area contributed by atoms with Gasteiger partial charge >= 0.3 is 11.9 Å². The second-order valence-corrected chi connectivity index (χ2v) is 3.72. The standard InChI is InChI=1S/C11H16O5/c1-15-10(13)9(11(14)16-2)7-3-5-8(12)6-4-7/h3,5,7-9,12H,4,6H2,1-2H3/t7-,8+/m1/s1. The molecule has 0 bridgehead atoms. The van der Waals surface area contributed by atoms with Gasteiger partial charge in [-0.05, 0) is 12.8 Å². The maximum atomic E-state index is 11.5. The van der Waals surface area contributed by atoms with E-state index in [0.29, 0.717) is 12.8 Å². The van der Waals surface area contributed by atoms with E-state index in [4.69, 9.17) is 0 Å². The summed E-state index contributed by atoms with van der Waals surface area (Å²) in [5, 5.41) is 9.28. The molecule has 0 radical (unpaired) electrons. The zero-order chi connectivity index (χ0) is 12.1. The summed E-state index contributed by atoms with van der Waals surface area (Å²) in [7, 11) is 2.47. The van der Waals surface area contributed by atoms with Gasteiger partial charge in [0.25, 0.3) is 0 Å². The molecule has 0 fully saturated rings. The number of carbonyl (C=O) groups excluding carboxylic acids is 2. The molecule has 0 saturated heterocycles. The third-order valence-corrected chi connectivity index (χ3v) is 2.71. The highest BCUT2D eigenvalue weighted by Gasteiger charge is 2.36. The maximum Gasteiger partial charge on any atom is 0.320 e. The highest BCUT2D eigenvalue weighted by Crippen LogP contribution is 2.26. The topological polar surface area (TPSA) is 72.8 Å². The summed E-state index contributed by atoms with van der Waals surface area (Å²) < 4.78 is 9.16. The number of hydrogen-bond acceptors (Lipinski definition) is 5. The number of rotatable bonds is 3. The van der Waals surface area contributed by atoms with E-state index >= 15 is 0 Å². The molecule has 5 heteroatoms. The average molecular weight is 228 g/mol. The summed E-state index contributed by atoms with van der Waals surface area (Å²) in [5.74, 6) is -2.39. The van der Waals surface area contributed by atoms with Crippen LogP contribution in [0, 0.1) is 11.8 Å². The van der Waals surface area contributed by atoms with Crippen LogP contribution in [0.1, 0.15) is 12.8 Å². The molecular formula is C11H16O5. The summed E-state index contributed by atoms with van der Waals surface area (Å²) in [6.45, 7) is 0. The van der Waals surface area contributed by atoms with Crippen LogP contribution in [-0.2, 0) is 19.1 Å². The minimum atomic E-state index is -0.932. The van der Waals surface area contributed by atoms with Crippen molar-refractivity contribution in [2.75, 3.05) is 14.2 Å². The highest BCUT2D eigenvalue weighted by atomic mass is 16.5. The van der Waals surface area contributed by atoms with Gasteiger partial charge in [0, 0.05) is 5.92 Å². The van der Waals surface area contributed by atoms with Crippen LogP contribution < -0.4 is 0 Å². The first-order chi connectivity index (χ1) is 7.60. The Morgan fingerprint density at radius 3 is 2.12 bits per heavy atom. The van der Waals surface area contributed by atoms with Crippen LogP contribution in [-0.4, -0.2) is 37.4 Å². The Morgan fingerprint density at radius 2 is 1.75 bits per heavy atom. The average Bonchev–Trinajstić information content (AvgIpc) is 2.31. The van der Waals surface area contributed by atoms with E-state index in [0.717, 1.165) is 0 Å². The van der Waals surface area contributed by atoms with Crippen LogP contribution in [0.2, 0.25) is 0 Å². The van der Waals surface area contributed by atoms with E-state index in [-0.39, 0.29) is 5.92 Å². The van der Waals surface area contributed by atoms with Crippen LogP contribution in [0.5, 0.6) is 0 Å². The first-order valence-corrected chi connectivity index (χ1v) is 5.12. The van der Waals surface area contributed by atoms with Crippen molar-refractivity contribution in [2.45, 2.75) is 18.9 Å². The van der Waals surface area contributed by atoms with Crippen LogP contribution in [0.4, 0.5) is 0 Å². The molecule has 1 aliphatic rings. The molecule has 0 unspecified atom stereocenters. The molecular weight excluding hydrogens is 212 g/mol. The van der Waals surface area contributed by atoms with Gasteiger partial charge < -0.3 is 14.6 Å². The highest BCUT2D eigenvalue weighted by molar-refractivity contribution is 5.95. The van der Waals surface area contributed by atoms with Crippen molar-refractivity contribution < 1.29 is 24.2 Å². The molecule has 5 nitrogen and oxygen atoms in total. The number of hydrogen-bond donors (Lipinski definition) is 1. The number of ether oxygens (including phenoxy) is 2. The Labute approximate surface area is 94.0 Å².